The van der Waals surface area contributed by atoms with Crippen molar-refractivity contribution >= 4 is 34.1 Å². The number of thioether (sulfide) groups is 1. The van der Waals surface area contributed by atoms with E-state index in [1.54, 1.807) is 20.3 Å². The molecular weight excluding hydrogens is 372 g/mol. The summed E-state index contributed by atoms with van der Waals surface area (Å²) in [6.45, 7) is 6.52. The number of amides is 1. The van der Waals surface area contributed by atoms with Gasteiger partial charge in [-0.05, 0) is 24.6 Å². The number of anilines is 1. The largest absolute Gasteiger partial charge is 0.493 e. The minimum Gasteiger partial charge on any atom is -0.493 e. The molecule has 0 aliphatic carbocycles. The molecule has 1 heterocycles. The van der Waals surface area contributed by atoms with Crippen LogP contribution in [0.5, 0.6) is 11.5 Å². The molecule has 140 valence electrons. The van der Waals surface area contributed by atoms with Crippen molar-refractivity contribution in [2.75, 3.05) is 26.1 Å². The lowest BCUT2D eigenvalue weighted by atomic mass is 10.2. The normalized spacial score (nSPS) is 11.5. The van der Waals surface area contributed by atoms with Crippen LogP contribution in [0.15, 0.2) is 35.2 Å². The van der Waals surface area contributed by atoms with Crippen molar-refractivity contribution in [3.8, 4) is 11.5 Å². The Morgan fingerprint density at radius 1 is 1.35 bits per heavy atom. The van der Waals surface area contributed by atoms with Crippen LogP contribution in [0.3, 0.4) is 0 Å². The summed E-state index contributed by atoms with van der Waals surface area (Å²) in [6.07, 6.45) is 1.75. The molecule has 7 nitrogen and oxygen atoms in total. The quantitative estimate of drug-likeness (QED) is 0.473. The van der Waals surface area contributed by atoms with Gasteiger partial charge in [-0.25, -0.2) is 0 Å². The average Bonchev–Trinajstić information content (AvgIpc) is 3.11. The highest BCUT2D eigenvalue weighted by Crippen LogP contribution is 2.29. The lowest BCUT2D eigenvalue weighted by Gasteiger charge is -2.12. The molecule has 0 saturated carbocycles. The van der Waals surface area contributed by atoms with Gasteiger partial charge in [0.15, 0.2) is 15.8 Å². The van der Waals surface area contributed by atoms with Crippen LogP contribution in [-0.4, -0.2) is 42.1 Å². The first-order valence-corrected chi connectivity index (χ1v) is 9.60. The molecule has 0 aliphatic heterocycles. The highest BCUT2D eigenvalue weighted by Gasteiger charge is 2.17. The maximum atomic E-state index is 12.3. The lowest BCUT2D eigenvalue weighted by Crippen LogP contribution is -2.30. The molecule has 0 spiro atoms. The zero-order valence-corrected chi connectivity index (χ0v) is 16.6. The maximum absolute atomic E-state index is 12.3. The standard InChI is InChI=1S/C17H22N4O3S2/c1-5-8-18-16-20-21-17(26-16)25-11(2)15(22)19-10-12-6-7-13(23-3)14(9-12)24-4/h5-7,9,11H,1,8,10H2,2-4H3,(H,18,20)(H,19,22)/t11-/m0/s1. The van der Waals surface area contributed by atoms with Crippen molar-refractivity contribution in [1.82, 2.24) is 15.5 Å². The van der Waals surface area contributed by atoms with Crippen LogP contribution in [0.1, 0.15) is 12.5 Å². The van der Waals surface area contributed by atoms with Gasteiger partial charge in [0, 0.05) is 13.1 Å². The van der Waals surface area contributed by atoms with Crippen molar-refractivity contribution in [3.63, 3.8) is 0 Å². The predicted octanol–water partition coefficient (Wildman–Crippen LogP) is 2.95. The number of ether oxygens (including phenoxy) is 2. The van der Waals surface area contributed by atoms with Gasteiger partial charge in [0.2, 0.25) is 11.0 Å². The number of benzene rings is 1. The SMILES string of the molecule is C=CCNc1nnc(S[C@@H](C)C(=O)NCc2ccc(OC)c(OC)c2)s1. The average molecular weight is 395 g/mol. The van der Waals surface area contributed by atoms with E-state index in [2.05, 4.69) is 27.4 Å². The van der Waals surface area contributed by atoms with Gasteiger partial charge in [-0.1, -0.05) is 35.2 Å². The second-order valence-corrected chi connectivity index (χ2v) is 7.78. The predicted molar refractivity (Wildman–Crippen MR) is 105 cm³/mol. The summed E-state index contributed by atoms with van der Waals surface area (Å²) in [4.78, 5) is 12.3. The highest BCUT2D eigenvalue weighted by molar-refractivity contribution is 8.02. The fourth-order valence-electron chi connectivity index (χ4n) is 2.02. The number of nitrogens with zero attached hydrogens (tertiary/aromatic N) is 2. The van der Waals surface area contributed by atoms with E-state index in [1.165, 1.54) is 23.1 Å². The molecule has 0 radical (unpaired) electrons. The van der Waals surface area contributed by atoms with Gasteiger partial charge in [-0.3, -0.25) is 4.79 Å². The summed E-state index contributed by atoms with van der Waals surface area (Å²) in [5.41, 5.74) is 0.931. The Labute approximate surface area is 161 Å². The fraction of sp³-hybridized carbons (Fsp3) is 0.353. The number of methoxy groups -OCH3 is 2. The molecule has 0 saturated heterocycles. The summed E-state index contributed by atoms with van der Waals surface area (Å²) in [6, 6.07) is 5.55. The summed E-state index contributed by atoms with van der Waals surface area (Å²) in [5.74, 6) is 1.22. The van der Waals surface area contributed by atoms with Crippen molar-refractivity contribution in [2.45, 2.75) is 23.1 Å². The highest BCUT2D eigenvalue weighted by atomic mass is 32.2. The van der Waals surface area contributed by atoms with Crippen molar-refractivity contribution < 1.29 is 14.3 Å². The van der Waals surface area contributed by atoms with Crippen molar-refractivity contribution in [2.24, 2.45) is 0 Å². The van der Waals surface area contributed by atoms with Crippen LogP contribution in [0.4, 0.5) is 5.13 Å². The molecule has 1 aromatic heterocycles. The van der Waals surface area contributed by atoms with E-state index in [9.17, 15) is 4.79 Å². The van der Waals surface area contributed by atoms with E-state index >= 15 is 0 Å². The van der Waals surface area contributed by atoms with Crippen molar-refractivity contribution in [3.05, 3.63) is 36.4 Å². The Kier molecular flexibility index (Phi) is 7.73. The summed E-state index contributed by atoms with van der Waals surface area (Å²) < 4.78 is 11.2. The van der Waals surface area contributed by atoms with Crippen LogP contribution >= 0.6 is 23.1 Å². The minimum absolute atomic E-state index is 0.0689. The Hall–Kier alpha value is -2.26. The Morgan fingerprint density at radius 2 is 2.12 bits per heavy atom. The van der Waals surface area contributed by atoms with E-state index in [4.69, 9.17) is 9.47 Å². The lowest BCUT2D eigenvalue weighted by molar-refractivity contribution is -0.120. The Bertz CT molecular complexity index is 751. The number of rotatable bonds is 10. The molecule has 1 aromatic carbocycles. The Balaban J connectivity index is 1.87. The molecule has 2 aromatic rings. The Morgan fingerprint density at radius 3 is 2.81 bits per heavy atom. The van der Waals surface area contributed by atoms with Crippen LogP contribution in [-0.2, 0) is 11.3 Å². The number of aromatic nitrogens is 2. The summed E-state index contributed by atoms with van der Waals surface area (Å²) >= 11 is 2.79. The van der Waals surface area contributed by atoms with Gasteiger partial charge in [-0.15, -0.1) is 16.8 Å². The molecule has 2 rings (SSSR count). The number of nitrogens with one attached hydrogen (secondary N) is 2. The third-order valence-corrected chi connectivity index (χ3v) is 5.43. The monoisotopic (exact) mass is 394 g/mol. The second-order valence-electron chi connectivity index (χ2n) is 5.21. The molecule has 0 fully saturated rings. The molecule has 2 N–H and O–H groups in total. The van der Waals surface area contributed by atoms with Gasteiger partial charge in [0.05, 0.1) is 19.5 Å². The summed E-state index contributed by atoms with van der Waals surface area (Å²) in [7, 11) is 3.17. The molecule has 9 heteroatoms. The van der Waals surface area contributed by atoms with Gasteiger partial charge in [0.1, 0.15) is 0 Å². The topological polar surface area (TPSA) is 85.4 Å². The number of carbonyl (C=O) groups excluding carboxylic acids is 1. The molecule has 0 aliphatic rings. The van der Waals surface area contributed by atoms with Gasteiger partial charge < -0.3 is 20.1 Å². The zero-order chi connectivity index (χ0) is 18.9. The first kappa shape index (κ1) is 20.1. The molecule has 26 heavy (non-hydrogen) atoms. The molecule has 0 unspecified atom stereocenters. The zero-order valence-electron chi connectivity index (χ0n) is 14.9. The first-order valence-electron chi connectivity index (χ1n) is 7.91. The third kappa shape index (κ3) is 5.63. The number of hydrogen-bond acceptors (Lipinski definition) is 8. The summed E-state index contributed by atoms with van der Waals surface area (Å²) in [5, 5.41) is 14.5. The molecule has 0 bridgehead atoms. The molecule has 1 amide bonds. The van der Waals surface area contributed by atoms with Crippen LogP contribution in [0.25, 0.3) is 0 Å². The van der Waals surface area contributed by atoms with E-state index in [0.29, 0.717) is 29.7 Å². The van der Waals surface area contributed by atoms with Crippen LogP contribution in [0.2, 0.25) is 0 Å². The maximum Gasteiger partial charge on any atom is 0.233 e. The van der Waals surface area contributed by atoms with Gasteiger partial charge >= 0.3 is 0 Å². The smallest absolute Gasteiger partial charge is 0.233 e. The fourth-order valence-corrected chi connectivity index (χ4v) is 3.94. The van der Waals surface area contributed by atoms with Crippen LogP contribution in [0, 0.1) is 0 Å². The first-order chi connectivity index (χ1) is 12.6. The molecular formula is C17H22N4O3S2. The van der Waals surface area contributed by atoms with Gasteiger partial charge in [-0.2, -0.15) is 0 Å². The van der Waals surface area contributed by atoms with E-state index in [0.717, 1.165) is 9.90 Å². The number of hydrogen-bond donors (Lipinski definition) is 2. The molecule has 1 atom stereocenters. The van der Waals surface area contributed by atoms with E-state index < -0.39 is 0 Å². The van der Waals surface area contributed by atoms with E-state index in [1.807, 2.05) is 25.1 Å². The van der Waals surface area contributed by atoms with Crippen molar-refractivity contribution in [1.29, 1.82) is 0 Å². The second kappa shape index (κ2) is 10.0. The third-order valence-electron chi connectivity index (χ3n) is 3.37. The minimum atomic E-state index is -0.282. The van der Waals surface area contributed by atoms with E-state index in [-0.39, 0.29) is 11.2 Å². The van der Waals surface area contributed by atoms with Crippen LogP contribution < -0.4 is 20.1 Å². The van der Waals surface area contributed by atoms with Gasteiger partial charge in [0.25, 0.3) is 0 Å². The number of carbonyl (C=O) groups is 1.